The molecule has 3 aromatic heterocycles. The molecule has 3 N–H and O–H groups in total. The topological polar surface area (TPSA) is 120 Å². The van der Waals surface area contributed by atoms with E-state index in [0.717, 1.165) is 0 Å². The maximum Gasteiger partial charge on any atom is 0.260 e. The smallest absolute Gasteiger partial charge is 0.260 e. The van der Waals surface area contributed by atoms with Crippen LogP contribution in [-0.2, 0) is 23.6 Å². The van der Waals surface area contributed by atoms with E-state index < -0.39 is 10.0 Å². The van der Waals surface area contributed by atoms with Gasteiger partial charge in [-0.3, -0.25) is 9.08 Å². The van der Waals surface area contributed by atoms with Crippen LogP contribution in [-0.4, -0.2) is 32.6 Å². The van der Waals surface area contributed by atoms with Crippen LogP contribution >= 0.6 is 11.3 Å². The Hall–Kier alpha value is -1.98. The number of nitrogen functional groups attached to an aromatic ring is 1. The van der Waals surface area contributed by atoms with Crippen LogP contribution in [0.25, 0.3) is 4.96 Å². The van der Waals surface area contributed by atoms with E-state index in [-0.39, 0.29) is 17.4 Å². The van der Waals surface area contributed by atoms with Gasteiger partial charge in [-0.15, -0.1) is 11.3 Å². The number of hydrogen-bond acceptors (Lipinski definition) is 7. The molecule has 0 aromatic carbocycles. The van der Waals surface area contributed by atoms with Gasteiger partial charge in [0.25, 0.3) is 10.0 Å². The van der Waals surface area contributed by atoms with Crippen molar-refractivity contribution in [2.75, 3.05) is 5.73 Å². The van der Waals surface area contributed by atoms with E-state index in [4.69, 9.17) is 5.73 Å². The van der Waals surface area contributed by atoms with E-state index in [2.05, 4.69) is 19.8 Å². The Labute approximate surface area is 118 Å². The highest BCUT2D eigenvalue weighted by Gasteiger charge is 2.24. The van der Waals surface area contributed by atoms with Gasteiger partial charge in [0.05, 0.1) is 6.54 Å². The Morgan fingerprint density at radius 3 is 3.00 bits per heavy atom. The van der Waals surface area contributed by atoms with Crippen molar-refractivity contribution in [1.29, 1.82) is 0 Å². The van der Waals surface area contributed by atoms with Gasteiger partial charge in [0.1, 0.15) is 6.33 Å². The zero-order valence-corrected chi connectivity index (χ0v) is 12.0. The number of nitrogens with zero attached hydrogens (tertiary/aromatic N) is 5. The molecular formula is C9H11N7O2S2. The second kappa shape index (κ2) is 4.54. The first kappa shape index (κ1) is 13.0. The molecule has 0 radical (unpaired) electrons. The largest absolute Gasteiger partial charge is 0.381 e. The lowest BCUT2D eigenvalue weighted by Gasteiger charge is -2.04. The Morgan fingerprint density at radius 2 is 2.30 bits per heavy atom. The van der Waals surface area contributed by atoms with Crippen LogP contribution in [0.4, 0.5) is 5.82 Å². The van der Waals surface area contributed by atoms with Crippen molar-refractivity contribution in [3.8, 4) is 0 Å². The zero-order valence-electron chi connectivity index (χ0n) is 10.4. The molecule has 0 bridgehead atoms. The molecule has 0 amide bonds. The van der Waals surface area contributed by atoms with E-state index in [1.807, 2.05) is 0 Å². The maximum atomic E-state index is 12.3. The summed E-state index contributed by atoms with van der Waals surface area (Å²) in [5.41, 5.74) is 5.68. The Balaban J connectivity index is 1.91. The molecule has 0 unspecified atom stereocenters. The number of nitrogens with one attached hydrogen (secondary N) is 1. The lowest BCUT2D eigenvalue weighted by atomic mass is 10.6. The van der Waals surface area contributed by atoms with E-state index in [9.17, 15) is 8.42 Å². The van der Waals surface area contributed by atoms with Crippen molar-refractivity contribution >= 4 is 32.1 Å². The molecule has 3 aromatic rings. The summed E-state index contributed by atoms with van der Waals surface area (Å²) < 4.78 is 29.9. The third-order valence-electron chi connectivity index (χ3n) is 2.57. The first-order valence-corrected chi connectivity index (χ1v) is 7.89. The normalized spacial score (nSPS) is 12.2. The number of fused-ring (bicyclic) bond motifs is 1. The summed E-state index contributed by atoms with van der Waals surface area (Å²) in [5.74, 6) is 0.346. The Bertz CT molecular complexity index is 860. The number of aromatic nitrogens is 5. The second-order valence-electron chi connectivity index (χ2n) is 4.02. The van der Waals surface area contributed by atoms with Gasteiger partial charge in [-0.1, -0.05) is 0 Å². The molecular weight excluding hydrogens is 302 g/mol. The third kappa shape index (κ3) is 2.15. The van der Waals surface area contributed by atoms with Gasteiger partial charge in [0.15, 0.2) is 21.6 Å². The maximum absolute atomic E-state index is 12.3. The van der Waals surface area contributed by atoms with Crippen LogP contribution in [0.3, 0.4) is 0 Å². The van der Waals surface area contributed by atoms with Crippen molar-refractivity contribution < 1.29 is 8.42 Å². The third-order valence-corrected chi connectivity index (χ3v) is 4.76. The fraction of sp³-hybridized carbons (Fsp3) is 0.222. The van der Waals surface area contributed by atoms with Gasteiger partial charge in [0, 0.05) is 18.6 Å². The number of sulfonamides is 1. The molecule has 0 aliphatic carbocycles. The number of imidazole rings is 1. The molecule has 0 saturated heterocycles. The molecule has 0 aliphatic heterocycles. The highest BCUT2D eigenvalue weighted by Crippen LogP contribution is 2.23. The quantitative estimate of drug-likeness (QED) is 0.675. The Morgan fingerprint density at radius 1 is 1.50 bits per heavy atom. The van der Waals surface area contributed by atoms with Crippen LogP contribution in [0.1, 0.15) is 5.82 Å². The average Bonchev–Trinajstić information content (AvgIpc) is 3.02. The summed E-state index contributed by atoms with van der Waals surface area (Å²) in [6, 6.07) is 0. The van der Waals surface area contributed by atoms with E-state index in [1.165, 1.54) is 26.7 Å². The van der Waals surface area contributed by atoms with Crippen molar-refractivity contribution in [2.24, 2.45) is 7.05 Å². The summed E-state index contributed by atoms with van der Waals surface area (Å²) >= 11 is 1.31. The number of thiazole rings is 1. The van der Waals surface area contributed by atoms with Gasteiger partial charge in [-0.25, -0.2) is 23.1 Å². The van der Waals surface area contributed by atoms with Crippen molar-refractivity contribution in [2.45, 2.75) is 11.6 Å². The lowest BCUT2D eigenvalue weighted by molar-refractivity contribution is 0.574. The van der Waals surface area contributed by atoms with Gasteiger partial charge in [-0.2, -0.15) is 5.10 Å². The van der Waals surface area contributed by atoms with E-state index in [1.54, 1.807) is 18.6 Å². The number of rotatable bonds is 4. The molecule has 3 heterocycles. The molecule has 106 valence electrons. The van der Waals surface area contributed by atoms with Crippen LogP contribution in [0.2, 0.25) is 0 Å². The summed E-state index contributed by atoms with van der Waals surface area (Å²) in [6.07, 6.45) is 3.10. The standard InChI is InChI=1S/C9H11N7O2S2/c1-15-5-11-6(14-15)4-12-20(17,18)8-7(10)13-9-16(8)2-3-19-9/h2-3,5,12H,4,10H2,1H3. The van der Waals surface area contributed by atoms with Crippen LogP contribution in [0.15, 0.2) is 22.9 Å². The minimum Gasteiger partial charge on any atom is -0.381 e. The van der Waals surface area contributed by atoms with Crippen molar-refractivity contribution in [3.63, 3.8) is 0 Å². The van der Waals surface area contributed by atoms with Crippen LogP contribution < -0.4 is 10.5 Å². The fourth-order valence-corrected chi connectivity index (χ4v) is 3.70. The van der Waals surface area contributed by atoms with E-state index in [0.29, 0.717) is 10.8 Å². The second-order valence-corrected chi connectivity index (χ2v) is 6.57. The van der Waals surface area contributed by atoms with Gasteiger partial charge in [-0.05, 0) is 0 Å². The van der Waals surface area contributed by atoms with Crippen molar-refractivity contribution in [1.82, 2.24) is 28.9 Å². The molecule has 9 nitrogen and oxygen atoms in total. The van der Waals surface area contributed by atoms with Gasteiger partial charge in [0.2, 0.25) is 0 Å². The van der Waals surface area contributed by atoms with Gasteiger partial charge >= 0.3 is 0 Å². The lowest BCUT2D eigenvalue weighted by Crippen LogP contribution is -2.25. The molecule has 20 heavy (non-hydrogen) atoms. The van der Waals surface area contributed by atoms with E-state index >= 15 is 0 Å². The molecule has 0 fully saturated rings. The molecule has 0 saturated carbocycles. The summed E-state index contributed by atoms with van der Waals surface area (Å²) in [5, 5.41) is 5.67. The van der Waals surface area contributed by atoms with Crippen LogP contribution in [0.5, 0.6) is 0 Å². The number of anilines is 1. The number of aryl methyl sites for hydroxylation is 1. The first-order valence-electron chi connectivity index (χ1n) is 5.52. The highest BCUT2D eigenvalue weighted by atomic mass is 32.2. The van der Waals surface area contributed by atoms with Crippen molar-refractivity contribution in [3.05, 3.63) is 23.7 Å². The highest BCUT2D eigenvalue weighted by molar-refractivity contribution is 7.89. The number of nitrogens with two attached hydrogens (primary N) is 1. The monoisotopic (exact) mass is 313 g/mol. The van der Waals surface area contributed by atoms with Gasteiger partial charge < -0.3 is 5.73 Å². The first-order chi connectivity index (χ1) is 9.47. The molecule has 0 aliphatic rings. The molecule has 0 spiro atoms. The summed E-state index contributed by atoms with van der Waals surface area (Å²) in [4.78, 5) is 8.48. The fourth-order valence-electron chi connectivity index (χ4n) is 1.74. The minimum absolute atomic E-state index is 0.0139. The minimum atomic E-state index is -3.79. The SMILES string of the molecule is Cn1cnc(CNS(=O)(=O)c2c(N)nc3sccn23)n1. The molecule has 3 rings (SSSR count). The zero-order chi connectivity index (χ0) is 14.3. The summed E-state index contributed by atoms with van der Waals surface area (Å²) in [7, 11) is -2.09. The Kier molecular flexibility index (Phi) is 2.96. The van der Waals surface area contributed by atoms with Crippen LogP contribution in [0, 0.1) is 0 Å². The predicted molar refractivity (Wildman–Crippen MR) is 72.5 cm³/mol. The molecule has 0 atom stereocenters. The predicted octanol–water partition coefficient (Wildman–Crippen LogP) is -0.415. The average molecular weight is 313 g/mol. The summed E-state index contributed by atoms with van der Waals surface area (Å²) in [6.45, 7) is -0.0139. The number of hydrogen-bond donors (Lipinski definition) is 2. The molecule has 11 heteroatoms.